The molecule has 2 N–H and O–H groups in total. The molecule has 0 fully saturated rings. The average molecular weight is 419 g/mol. The van der Waals surface area contributed by atoms with Crippen molar-refractivity contribution in [2.75, 3.05) is 18.5 Å². The van der Waals surface area contributed by atoms with Gasteiger partial charge in [-0.2, -0.15) is 0 Å². The Balaban J connectivity index is 1.46. The van der Waals surface area contributed by atoms with E-state index in [1.165, 1.54) is 11.3 Å². The third-order valence-corrected chi connectivity index (χ3v) is 4.89. The number of carbonyl (C=O) groups is 2. The molecule has 0 unspecified atom stereocenters. The topological polar surface area (TPSA) is 80.3 Å². The molecule has 0 aliphatic heterocycles. The highest BCUT2D eigenvalue weighted by Gasteiger charge is 2.13. The first-order valence-corrected chi connectivity index (χ1v) is 9.84. The van der Waals surface area contributed by atoms with Gasteiger partial charge in [0, 0.05) is 19.0 Å². The number of hydrogen-bond donors (Lipinski definition) is 2. The number of aromatic nitrogens is 1. The van der Waals surface area contributed by atoms with Crippen LogP contribution in [0.4, 0.5) is 13.9 Å². The first-order valence-electron chi connectivity index (χ1n) is 9.02. The normalized spacial score (nSPS) is 10.7. The fourth-order valence-corrected chi connectivity index (χ4v) is 3.53. The highest BCUT2D eigenvalue weighted by Crippen LogP contribution is 2.29. The molecule has 0 atom stereocenters. The second-order valence-electron chi connectivity index (χ2n) is 6.11. The van der Waals surface area contributed by atoms with E-state index in [4.69, 9.17) is 4.74 Å². The summed E-state index contributed by atoms with van der Waals surface area (Å²) in [4.78, 5) is 28.3. The molecule has 1 aromatic heterocycles. The van der Waals surface area contributed by atoms with Crippen LogP contribution in [0, 0.1) is 11.6 Å². The van der Waals surface area contributed by atoms with Gasteiger partial charge in [-0.25, -0.2) is 13.8 Å². The zero-order valence-electron chi connectivity index (χ0n) is 15.6. The molecule has 0 saturated carbocycles. The van der Waals surface area contributed by atoms with Gasteiger partial charge in [0.05, 0.1) is 22.4 Å². The van der Waals surface area contributed by atoms with Crippen LogP contribution < -0.4 is 15.4 Å². The van der Waals surface area contributed by atoms with Gasteiger partial charge < -0.3 is 15.4 Å². The molecular weight excluding hydrogens is 400 g/mol. The van der Waals surface area contributed by atoms with Crippen LogP contribution >= 0.6 is 11.3 Å². The van der Waals surface area contributed by atoms with Gasteiger partial charge in [-0.3, -0.25) is 9.59 Å². The molecule has 152 valence electrons. The van der Waals surface area contributed by atoms with E-state index in [2.05, 4.69) is 15.6 Å². The first kappa shape index (κ1) is 20.7. The highest BCUT2D eigenvalue weighted by atomic mass is 32.1. The minimum atomic E-state index is -0.927. The molecule has 0 radical (unpaired) electrons. The van der Waals surface area contributed by atoms with Crippen LogP contribution in [0.2, 0.25) is 0 Å². The molecule has 1 heterocycles. The lowest BCUT2D eigenvalue weighted by molar-refractivity contribution is -0.116. The Morgan fingerprint density at radius 3 is 2.76 bits per heavy atom. The van der Waals surface area contributed by atoms with Crippen molar-refractivity contribution in [3.05, 3.63) is 53.6 Å². The van der Waals surface area contributed by atoms with Gasteiger partial charge in [-0.1, -0.05) is 11.3 Å². The Kier molecular flexibility index (Phi) is 6.71. The maximum atomic E-state index is 13.6. The summed E-state index contributed by atoms with van der Waals surface area (Å²) in [5.74, 6) is -1.83. The second kappa shape index (κ2) is 9.42. The maximum Gasteiger partial charge on any atom is 0.254 e. The summed E-state index contributed by atoms with van der Waals surface area (Å²) < 4.78 is 32.8. The molecule has 3 rings (SSSR count). The van der Waals surface area contributed by atoms with Crippen LogP contribution in [0.3, 0.4) is 0 Å². The van der Waals surface area contributed by atoms with Crippen LogP contribution in [0.25, 0.3) is 10.2 Å². The summed E-state index contributed by atoms with van der Waals surface area (Å²) in [6.07, 6.45) is 0.520. The fourth-order valence-electron chi connectivity index (χ4n) is 2.62. The molecule has 0 spiro atoms. The fraction of sp³-hybridized carbons (Fsp3) is 0.250. The Bertz CT molecular complexity index is 1040. The van der Waals surface area contributed by atoms with E-state index < -0.39 is 17.5 Å². The van der Waals surface area contributed by atoms with E-state index in [9.17, 15) is 18.4 Å². The zero-order valence-corrected chi connectivity index (χ0v) is 16.4. The summed E-state index contributed by atoms with van der Waals surface area (Å²) >= 11 is 1.34. The van der Waals surface area contributed by atoms with Crippen LogP contribution in [0.1, 0.15) is 30.1 Å². The van der Waals surface area contributed by atoms with Gasteiger partial charge in [-0.15, -0.1) is 0 Å². The number of thiazole rings is 1. The van der Waals surface area contributed by atoms with Crippen molar-refractivity contribution in [1.82, 2.24) is 10.3 Å². The smallest absolute Gasteiger partial charge is 0.254 e. The number of hydrogen-bond acceptors (Lipinski definition) is 5. The van der Waals surface area contributed by atoms with Gasteiger partial charge in [0.1, 0.15) is 17.4 Å². The molecule has 2 amide bonds. The minimum Gasteiger partial charge on any atom is -0.494 e. The van der Waals surface area contributed by atoms with Crippen LogP contribution in [-0.2, 0) is 4.79 Å². The Morgan fingerprint density at radius 2 is 2.00 bits per heavy atom. The Morgan fingerprint density at radius 1 is 1.17 bits per heavy atom. The van der Waals surface area contributed by atoms with E-state index in [1.54, 1.807) is 0 Å². The largest absolute Gasteiger partial charge is 0.494 e. The number of carbonyl (C=O) groups excluding carboxylic acids is 2. The van der Waals surface area contributed by atoms with Crippen molar-refractivity contribution in [3.8, 4) is 5.75 Å². The predicted octanol–water partition coefficient (Wildman–Crippen LogP) is 4.12. The van der Waals surface area contributed by atoms with Crippen LogP contribution in [0.15, 0.2) is 36.4 Å². The average Bonchev–Trinajstić information content (AvgIpc) is 3.06. The molecule has 29 heavy (non-hydrogen) atoms. The summed E-state index contributed by atoms with van der Waals surface area (Å²) in [5, 5.41) is 5.72. The first-order chi connectivity index (χ1) is 14.0. The van der Waals surface area contributed by atoms with Gasteiger partial charge in [0.25, 0.3) is 5.91 Å². The van der Waals surface area contributed by atoms with E-state index in [-0.39, 0.29) is 24.4 Å². The predicted molar refractivity (Wildman–Crippen MR) is 107 cm³/mol. The second-order valence-corrected chi connectivity index (χ2v) is 7.14. The number of anilines is 1. The summed E-state index contributed by atoms with van der Waals surface area (Å²) in [5.41, 5.74) is 0.527. The molecule has 3 aromatic rings. The Hall–Kier alpha value is -3.07. The van der Waals surface area contributed by atoms with Gasteiger partial charge in [0.2, 0.25) is 5.91 Å². The maximum absolute atomic E-state index is 13.6. The number of nitrogens with zero attached hydrogens (tertiary/aromatic N) is 1. The van der Waals surface area contributed by atoms with Crippen LogP contribution in [0.5, 0.6) is 5.75 Å². The zero-order chi connectivity index (χ0) is 20.8. The SMILES string of the molecule is CCOc1ccc2nc(NC(=O)CCCNC(=O)c3ccc(F)cc3F)sc2c1. The lowest BCUT2D eigenvalue weighted by Gasteiger charge is -2.06. The monoisotopic (exact) mass is 419 g/mol. The number of rotatable bonds is 8. The van der Waals surface area contributed by atoms with Crippen molar-refractivity contribution in [3.63, 3.8) is 0 Å². The standard InChI is InChI=1S/C20H19F2N3O3S/c1-2-28-13-6-8-16-17(11-13)29-20(24-16)25-18(26)4-3-9-23-19(27)14-7-5-12(21)10-15(14)22/h5-8,10-11H,2-4,9H2,1H3,(H,23,27)(H,24,25,26). The third-order valence-electron chi connectivity index (χ3n) is 3.96. The highest BCUT2D eigenvalue weighted by molar-refractivity contribution is 7.22. The minimum absolute atomic E-state index is 0.159. The number of halogens is 2. The third kappa shape index (κ3) is 5.47. The lowest BCUT2D eigenvalue weighted by Crippen LogP contribution is -2.26. The quantitative estimate of drug-likeness (QED) is 0.538. The van der Waals surface area contributed by atoms with E-state index in [0.29, 0.717) is 24.2 Å². The van der Waals surface area contributed by atoms with E-state index in [0.717, 1.165) is 28.1 Å². The van der Waals surface area contributed by atoms with Crippen molar-refractivity contribution >= 4 is 38.5 Å². The summed E-state index contributed by atoms with van der Waals surface area (Å²) in [6.45, 7) is 2.65. The molecule has 0 saturated heterocycles. The van der Waals surface area contributed by atoms with E-state index in [1.807, 2.05) is 25.1 Å². The number of nitrogens with one attached hydrogen (secondary N) is 2. The molecule has 2 aromatic carbocycles. The number of ether oxygens (including phenoxy) is 1. The Labute approximate surface area is 169 Å². The van der Waals surface area contributed by atoms with Crippen molar-refractivity contribution in [1.29, 1.82) is 0 Å². The van der Waals surface area contributed by atoms with Crippen molar-refractivity contribution in [2.45, 2.75) is 19.8 Å². The summed E-state index contributed by atoms with van der Waals surface area (Å²) in [6, 6.07) is 8.27. The number of amides is 2. The molecule has 0 aliphatic rings. The molecule has 9 heteroatoms. The van der Waals surface area contributed by atoms with Crippen LogP contribution in [-0.4, -0.2) is 29.9 Å². The van der Waals surface area contributed by atoms with Gasteiger partial charge in [0.15, 0.2) is 5.13 Å². The molecular formula is C20H19F2N3O3S. The molecule has 6 nitrogen and oxygen atoms in total. The molecule has 0 aliphatic carbocycles. The van der Waals surface area contributed by atoms with Crippen molar-refractivity contribution < 1.29 is 23.1 Å². The number of fused-ring (bicyclic) bond motifs is 1. The van der Waals surface area contributed by atoms with Crippen molar-refractivity contribution in [2.24, 2.45) is 0 Å². The lowest BCUT2D eigenvalue weighted by atomic mass is 10.2. The molecule has 0 bridgehead atoms. The van der Waals surface area contributed by atoms with E-state index >= 15 is 0 Å². The van der Waals surface area contributed by atoms with Gasteiger partial charge in [-0.05, 0) is 43.7 Å². The number of benzene rings is 2. The summed E-state index contributed by atoms with van der Waals surface area (Å²) in [7, 11) is 0. The van der Waals surface area contributed by atoms with Gasteiger partial charge >= 0.3 is 0 Å².